The van der Waals surface area contributed by atoms with Crippen LogP contribution in [-0.2, 0) is 4.74 Å². The van der Waals surface area contributed by atoms with E-state index >= 15 is 0 Å². The molecule has 1 heterocycles. The van der Waals surface area contributed by atoms with Crippen LogP contribution in [0.4, 0.5) is 0 Å². The van der Waals surface area contributed by atoms with Crippen molar-refractivity contribution in [3.05, 3.63) is 17.5 Å². The summed E-state index contributed by atoms with van der Waals surface area (Å²) in [6.45, 7) is 11.3. The first-order valence-electron chi connectivity index (χ1n) is 5.35. The summed E-state index contributed by atoms with van der Waals surface area (Å²) in [5.41, 5.74) is 0.0939. The molecule has 0 bridgehead atoms. The van der Waals surface area contributed by atoms with Gasteiger partial charge in [-0.3, -0.25) is 4.90 Å². The van der Waals surface area contributed by atoms with Gasteiger partial charge in [-0.25, -0.2) is 0 Å². The van der Waals surface area contributed by atoms with Gasteiger partial charge in [-0.05, 0) is 18.8 Å². The molecule has 1 atom stereocenters. The molecule has 0 amide bonds. The summed E-state index contributed by atoms with van der Waals surface area (Å²) in [5.74, 6) is 0. The van der Waals surface area contributed by atoms with Crippen molar-refractivity contribution in [3.8, 4) is 0 Å². The summed E-state index contributed by atoms with van der Waals surface area (Å²) in [4.78, 5) is 2.45. The second kappa shape index (κ2) is 5.46. The van der Waals surface area contributed by atoms with Crippen LogP contribution in [0.5, 0.6) is 0 Å². The zero-order chi connectivity index (χ0) is 11.5. The Morgan fingerprint density at radius 2 is 2.33 bits per heavy atom. The zero-order valence-corrected chi connectivity index (χ0v) is 11.5. The lowest BCUT2D eigenvalue weighted by molar-refractivity contribution is 0.0764. The summed E-state index contributed by atoms with van der Waals surface area (Å²) in [5, 5.41) is 0. The molecule has 1 rings (SSSR count). The molecule has 1 radical (unpaired) electrons. The Labute approximate surface area is 102 Å². The molecule has 0 aromatic rings. The maximum Gasteiger partial charge on any atom is 0.0621 e. The molecule has 0 aliphatic carbocycles. The van der Waals surface area contributed by atoms with E-state index in [-0.39, 0.29) is 5.41 Å². The Kier molecular flexibility index (Phi) is 4.81. The molecule has 87 valence electrons. The Balaban J connectivity index is 2.61. The first kappa shape index (κ1) is 13.2. The SMILES string of the molecule is [CH2]C(C)(C)CN1CC(Br)=CC[C@@H]1COC. The van der Waals surface area contributed by atoms with Crippen molar-refractivity contribution in [2.45, 2.75) is 26.3 Å². The third-order valence-corrected chi connectivity index (χ3v) is 3.05. The highest BCUT2D eigenvalue weighted by Gasteiger charge is 2.26. The molecular formula is C12H21BrNO. The lowest BCUT2D eigenvalue weighted by Crippen LogP contribution is -2.45. The summed E-state index contributed by atoms with van der Waals surface area (Å²) in [7, 11) is 1.76. The first-order valence-corrected chi connectivity index (χ1v) is 6.14. The maximum absolute atomic E-state index is 5.25. The number of ether oxygens (including phenoxy) is 1. The van der Waals surface area contributed by atoms with Crippen LogP contribution in [0.2, 0.25) is 0 Å². The first-order chi connectivity index (χ1) is 6.92. The fourth-order valence-corrected chi connectivity index (χ4v) is 2.41. The van der Waals surface area contributed by atoms with Crippen LogP contribution in [0.15, 0.2) is 10.6 Å². The van der Waals surface area contributed by atoms with Crippen molar-refractivity contribution in [2.24, 2.45) is 5.41 Å². The van der Waals surface area contributed by atoms with E-state index in [0.717, 1.165) is 26.1 Å². The lowest BCUT2D eigenvalue weighted by atomic mass is 9.94. The molecule has 0 aromatic heterocycles. The van der Waals surface area contributed by atoms with Gasteiger partial charge in [0.2, 0.25) is 0 Å². The van der Waals surface area contributed by atoms with Crippen molar-refractivity contribution in [1.29, 1.82) is 0 Å². The van der Waals surface area contributed by atoms with Crippen LogP contribution in [0.25, 0.3) is 0 Å². The van der Waals surface area contributed by atoms with E-state index in [0.29, 0.717) is 6.04 Å². The maximum atomic E-state index is 5.25. The number of methoxy groups -OCH3 is 1. The van der Waals surface area contributed by atoms with E-state index in [2.05, 4.69) is 47.7 Å². The Morgan fingerprint density at radius 3 is 2.87 bits per heavy atom. The highest BCUT2D eigenvalue weighted by Crippen LogP contribution is 2.24. The van der Waals surface area contributed by atoms with Gasteiger partial charge in [-0.15, -0.1) is 0 Å². The molecule has 2 nitrogen and oxygen atoms in total. The normalized spacial score (nSPS) is 24.1. The van der Waals surface area contributed by atoms with Crippen LogP contribution in [0.3, 0.4) is 0 Å². The number of hydrogen-bond acceptors (Lipinski definition) is 2. The quantitative estimate of drug-likeness (QED) is 0.782. The molecule has 15 heavy (non-hydrogen) atoms. The minimum absolute atomic E-state index is 0.0939. The average Bonchev–Trinajstić information content (AvgIpc) is 2.07. The van der Waals surface area contributed by atoms with Crippen molar-refractivity contribution in [1.82, 2.24) is 4.90 Å². The van der Waals surface area contributed by atoms with Crippen molar-refractivity contribution in [2.75, 3.05) is 26.8 Å². The smallest absolute Gasteiger partial charge is 0.0621 e. The molecule has 0 N–H and O–H groups in total. The van der Waals surface area contributed by atoms with E-state index in [4.69, 9.17) is 4.74 Å². The van der Waals surface area contributed by atoms with Crippen molar-refractivity contribution in [3.63, 3.8) is 0 Å². The summed E-state index contributed by atoms with van der Waals surface area (Å²) in [6.07, 6.45) is 3.31. The molecule has 0 spiro atoms. The molecule has 3 heteroatoms. The molecular weight excluding hydrogens is 254 g/mol. The lowest BCUT2D eigenvalue weighted by Gasteiger charge is -2.38. The third-order valence-electron chi connectivity index (χ3n) is 2.47. The van der Waals surface area contributed by atoms with Gasteiger partial charge in [0.1, 0.15) is 0 Å². The van der Waals surface area contributed by atoms with Crippen LogP contribution in [-0.4, -0.2) is 37.7 Å². The molecule has 1 aliphatic rings. The number of hydrogen-bond donors (Lipinski definition) is 0. The molecule has 0 aromatic carbocycles. The predicted octanol–water partition coefficient (Wildman–Crippen LogP) is 2.85. The molecule has 1 aliphatic heterocycles. The molecule has 0 unspecified atom stereocenters. The van der Waals surface area contributed by atoms with Crippen LogP contribution in [0.1, 0.15) is 20.3 Å². The summed E-state index contributed by atoms with van der Waals surface area (Å²) in [6, 6.07) is 0.498. The molecule has 0 fully saturated rings. The highest BCUT2D eigenvalue weighted by molar-refractivity contribution is 9.11. The summed E-state index contributed by atoms with van der Waals surface area (Å²) < 4.78 is 6.53. The van der Waals surface area contributed by atoms with Crippen molar-refractivity contribution >= 4 is 15.9 Å². The van der Waals surface area contributed by atoms with Gasteiger partial charge in [0.25, 0.3) is 0 Å². The third kappa shape index (κ3) is 4.66. The second-order valence-corrected chi connectivity index (χ2v) is 6.08. The fraction of sp³-hybridized carbons (Fsp3) is 0.750. The van der Waals surface area contributed by atoms with Gasteiger partial charge in [-0.1, -0.05) is 35.9 Å². The highest BCUT2D eigenvalue weighted by atomic mass is 79.9. The fourth-order valence-electron chi connectivity index (χ4n) is 1.90. The number of rotatable bonds is 4. The van der Waals surface area contributed by atoms with Gasteiger partial charge >= 0.3 is 0 Å². The second-order valence-electron chi connectivity index (χ2n) is 5.07. The summed E-state index contributed by atoms with van der Waals surface area (Å²) >= 11 is 3.57. The Hall–Kier alpha value is 0.140. The minimum atomic E-state index is 0.0939. The van der Waals surface area contributed by atoms with E-state index in [1.165, 1.54) is 4.48 Å². The zero-order valence-electron chi connectivity index (χ0n) is 9.92. The molecule has 0 saturated carbocycles. The van der Waals surface area contributed by atoms with Crippen LogP contribution in [0, 0.1) is 12.3 Å². The monoisotopic (exact) mass is 274 g/mol. The average molecular weight is 275 g/mol. The minimum Gasteiger partial charge on any atom is -0.383 e. The van der Waals surface area contributed by atoms with Gasteiger partial charge < -0.3 is 4.74 Å². The number of halogens is 1. The Morgan fingerprint density at radius 1 is 1.67 bits per heavy atom. The Bertz CT molecular complexity index is 232. The van der Waals surface area contributed by atoms with Crippen molar-refractivity contribution < 1.29 is 4.74 Å². The van der Waals surface area contributed by atoms with E-state index in [9.17, 15) is 0 Å². The molecule has 0 saturated heterocycles. The number of nitrogens with zero attached hydrogens (tertiary/aromatic N) is 1. The van der Waals surface area contributed by atoms with Crippen LogP contribution >= 0.6 is 15.9 Å². The van der Waals surface area contributed by atoms with Gasteiger partial charge in [0, 0.05) is 30.7 Å². The van der Waals surface area contributed by atoms with E-state index < -0.39 is 0 Å². The standard InChI is InChI=1S/C12H21BrNO/c1-12(2,3)9-14-7-10(13)5-6-11(14)8-15-4/h5,11H,1,6-9H2,2-4H3/t11-/m1/s1. The van der Waals surface area contributed by atoms with E-state index in [1.807, 2.05) is 0 Å². The topological polar surface area (TPSA) is 12.5 Å². The van der Waals surface area contributed by atoms with E-state index in [1.54, 1.807) is 7.11 Å². The largest absolute Gasteiger partial charge is 0.383 e. The van der Waals surface area contributed by atoms with Gasteiger partial charge in [0.15, 0.2) is 0 Å². The van der Waals surface area contributed by atoms with Gasteiger partial charge in [-0.2, -0.15) is 0 Å². The van der Waals surface area contributed by atoms with Crippen LogP contribution < -0.4 is 0 Å². The predicted molar refractivity (Wildman–Crippen MR) is 68.0 cm³/mol. The van der Waals surface area contributed by atoms with Gasteiger partial charge in [0.05, 0.1) is 6.61 Å².